The van der Waals surface area contributed by atoms with Crippen molar-refractivity contribution in [3.8, 4) is 0 Å². The van der Waals surface area contributed by atoms with Crippen molar-refractivity contribution in [1.82, 2.24) is 0 Å². The van der Waals surface area contributed by atoms with Crippen molar-refractivity contribution in [2.45, 2.75) is 13.8 Å². The average molecular weight is 327 g/mol. The van der Waals surface area contributed by atoms with E-state index in [1.165, 1.54) is 4.90 Å². The minimum atomic E-state index is -0.218. The number of benzene rings is 1. The Balaban J connectivity index is 2.46. The van der Waals surface area contributed by atoms with Crippen LogP contribution < -0.4 is 4.90 Å². The summed E-state index contributed by atoms with van der Waals surface area (Å²) >= 11 is 2.15. The molecule has 0 saturated heterocycles. The molecule has 1 aromatic rings. The zero-order valence-electron chi connectivity index (χ0n) is 8.95. The molecule has 82 valence electrons. The second-order valence-corrected chi connectivity index (χ2v) is 4.92. The van der Waals surface area contributed by atoms with Crippen LogP contribution in [-0.4, -0.2) is 11.8 Å². The molecule has 3 nitrogen and oxygen atoms in total. The number of amides is 2. The highest BCUT2D eigenvalue weighted by Gasteiger charge is 2.34. The normalized spacial score (nSPS) is 16.3. The number of nitrogens with zero attached hydrogens (tertiary/aromatic N) is 1. The van der Waals surface area contributed by atoms with Crippen molar-refractivity contribution in [2.75, 3.05) is 4.90 Å². The van der Waals surface area contributed by atoms with E-state index in [9.17, 15) is 9.59 Å². The van der Waals surface area contributed by atoms with E-state index in [0.717, 1.165) is 3.57 Å². The third-order valence-electron chi connectivity index (χ3n) is 2.68. The topological polar surface area (TPSA) is 37.4 Å². The zero-order chi connectivity index (χ0) is 11.9. The fraction of sp³-hybridized carbons (Fsp3) is 0.167. The van der Waals surface area contributed by atoms with E-state index in [4.69, 9.17) is 0 Å². The van der Waals surface area contributed by atoms with Crippen LogP contribution in [0.1, 0.15) is 13.8 Å². The van der Waals surface area contributed by atoms with Gasteiger partial charge < -0.3 is 0 Å². The number of anilines is 1. The minimum Gasteiger partial charge on any atom is -0.269 e. The molecule has 1 aromatic carbocycles. The molecule has 0 saturated carbocycles. The Morgan fingerprint density at radius 2 is 1.62 bits per heavy atom. The molecule has 0 spiro atoms. The van der Waals surface area contributed by atoms with E-state index in [0.29, 0.717) is 16.8 Å². The lowest BCUT2D eigenvalue weighted by molar-refractivity contribution is -0.120. The molecule has 0 fully saturated rings. The van der Waals surface area contributed by atoms with Gasteiger partial charge in [-0.2, -0.15) is 0 Å². The van der Waals surface area contributed by atoms with Crippen LogP contribution in [-0.2, 0) is 9.59 Å². The van der Waals surface area contributed by atoms with E-state index >= 15 is 0 Å². The Hall–Kier alpha value is -1.17. The molecule has 16 heavy (non-hydrogen) atoms. The van der Waals surface area contributed by atoms with Gasteiger partial charge in [0.25, 0.3) is 11.8 Å². The molecule has 0 aliphatic carbocycles. The number of hydrogen-bond donors (Lipinski definition) is 0. The van der Waals surface area contributed by atoms with Crippen LogP contribution in [0.3, 0.4) is 0 Å². The van der Waals surface area contributed by atoms with E-state index in [2.05, 4.69) is 22.6 Å². The van der Waals surface area contributed by atoms with Crippen LogP contribution in [0.2, 0.25) is 0 Å². The Bertz CT molecular complexity index is 496. The van der Waals surface area contributed by atoms with Crippen LogP contribution in [0.25, 0.3) is 0 Å². The van der Waals surface area contributed by atoms with E-state index < -0.39 is 0 Å². The molecule has 1 heterocycles. The molecule has 1 aliphatic heterocycles. The zero-order valence-corrected chi connectivity index (χ0v) is 11.1. The van der Waals surface area contributed by atoms with Gasteiger partial charge in [-0.15, -0.1) is 0 Å². The predicted octanol–water partition coefficient (Wildman–Crippen LogP) is 2.50. The average Bonchev–Trinajstić information content (AvgIpc) is 2.44. The summed E-state index contributed by atoms with van der Waals surface area (Å²) in [5, 5.41) is 0. The Labute approximate surface area is 107 Å². The summed E-state index contributed by atoms with van der Waals surface area (Å²) in [6.07, 6.45) is 0. The summed E-state index contributed by atoms with van der Waals surface area (Å²) in [4.78, 5) is 25.0. The van der Waals surface area contributed by atoms with E-state index in [-0.39, 0.29) is 11.8 Å². The van der Waals surface area contributed by atoms with Gasteiger partial charge in [0.05, 0.1) is 5.69 Å². The first-order valence-corrected chi connectivity index (χ1v) is 5.92. The largest absolute Gasteiger partial charge is 0.269 e. The van der Waals surface area contributed by atoms with Crippen molar-refractivity contribution in [1.29, 1.82) is 0 Å². The molecule has 2 amide bonds. The lowest BCUT2D eigenvalue weighted by Gasteiger charge is -2.14. The monoisotopic (exact) mass is 327 g/mol. The van der Waals surface area contributed by atoms with E-state index in [1.807, 2.05) is 18.2 Å². The quantitative estimate of drug-likeness (QED) is 0.587. The van der Waals surface area contributed by atoms with Gasteiger partial charge in [0.1, 0.15) is 0 Å². The van der Waals surface area contributed by atoms with Crippen molar-refractivity contribution < 1.29 is 9.59 Å². The third kappa shape index (κ3) is 1.67. The maximum atomic E-state index is 11.9. The van der Waals surface area contributed by atoms with Crippen LogP contribution in [0.5, 0.6) is 0 Å². The van der Waals surface area contributed by atoms with Crippen LogP contribution in [0.15, 0.2) is 35.4 Å². The molecule has 0 atom stereocenters. The van der Waals surface area contributed by atoms with Gasteiger partial charge in [-0.3, -0.25) is 9.59 Å². The smallest absolute Gasteiger partial charge is 0.261 e. The number of imide groups is 1. The summed E-state index contributed by atoms with van der Waals surface area (Å²) in [5.74, 6) is -0.436. The first kappa shape index (κ1) is 11.3. The highest BCUT2D eigenvalue weighted by Crippen LogP contribution is 2.27. The molecule has 0 unspecified atom stereocenters. The van der Waals surface area contributed by atoms with Crippen molar-refractivity contribution in [3.63, 3.8) is 0 Å². The van der Waals surface area contributed by atoms with Crippen molar-refractivity contribution in [3.05, 3.63) is 39.0 Å². The number of halogens is 1. The summed E-state index contributed by atoms with van der Waals surface area (Å²) in [6.45, 7) is 3.37. The highest BCUT2D eigenvalue weighted by atomic mass is 127. The number of rotatable bonds is 1. The van der Waals surface area contributed by atoms with Crippen molar-refractivity contribution >= 4 is 40.1 Å². The lowest BCUT2D eigenvalue weighted by Crippen LogP contribution is -2.31. The standard InChI is InChI=1S/C12H10INO2/c1-7-8(2)12(16)14(11(7)15)10-5-3-4-9(13)6-10/h3-6H,1-2H3. The van der Waals surface area contributed by atoms with Gasteiger partial charge in [0, 0.05) is 14.7 Å². The number of carbonyl (C=O) groups excluding carboxylic acids is 2. The molecule has 2 rings (SSSR count). The summed E-state index contributed by atoms with van der Waals surface area (Å²) < 4.78 is 0.998. The molecule has 0 aromatic heterocycles. The van der Waals surface area contributed by atoms with Gasteiger partial charge in [-0.05, 0) is 54.6 Å². The first-order valence-electron chi connectivity index (χ1n) is 4.84. The van der Waals surface area contributed by atoms with Gasteiger partial charge in [0.2, 0.25) is 0 Å². The highest BCUT2D eigenvalue weighted by molar-refractivity contribution is 14.1. The third-order valence-corrected chi connectivity index (χ3v) is 3.35. The minimum absolute atomic E-state index is 0.218. The summed E-state index contributed by atoms with van der Waals surface area (Å²) in [5.41, 5.74) is 1.70. The fourth-order valence-corrected chi connectivity index (χ4v) is 2.12. The first-order chi connectivity index (χ1) is 7.52. The SMILES string of the molecule is CC1=C(C)C(=O)N(c2cccc(I)c2)C1=O. The molecular formula is C12H10INO2. The Morgan fingerprint density at radius 3 is 2.12 bits per heavy atom. The molecule has 0 bridgehead atoms. The predicted molar refractivity (Wildman–Crippen MR) is 70.0 cm³/mol. The van der Waals surface area contributed by atoms with Crippen LogP contribution in [0, 0.1) is 3.57 Å². The van der Waals surface area contributed by atoms with Gasteiger partial charge >= 0.3 is 0 Å². The molecule has 0 radical (unpaired) electrons. The number of hydrogen-bond acceptors (Lipinski definition) is 2. The maximum absolute atomic E-state index is 11.9. The van der Waals surface area contributed by atoms with Crippen molar-refractivity contribution in [2.24, 2.45) is 0 Å². The maximum Gasteiger partial charge on any atom is 0.261 e. The molecular weight excluding hydrogens is 317 g/mol. The summed E-state index contributed by atoms with van der Waals surface area (Å²) in [7, 11) is 0. The lowest BCUT2D eigenvalue weighted by atomic mass is 10.2. The number of carbonyl (C=O) groups is 2. The van der Waals surface area contributed by atoms with E-state index in [1.54, 1.807) is 19.9 Å². The Morgan fingerprint density at radius 1 is 1.06 bits per heavy atom. The van der Waals surface area contributed by atoms with Gasteiger partial charge in [0.15, 0.2) is 0 Å². The molecule has 0 N–H and O–H groups in total. The molecule has 1 aliphatic rings. The Kier molecular flexibility index (Phi) is 2.84. The summed E-state index contributed by atoms with van der Waals surface area (Å²) in [6, 6.07) is 7.34. The fourth-order valence-electron chi connectivity index (χ4n) is 1.60. The van der Waals surface area contributed by atoms with Crippen LogP contribution >= 0.6 is 22.6 Å². The second-order valence-electron chi connectivity index (χ2n) is 3.68. The molecule has 4 heteroatoms. The second kappa shape index (κ2) is 4.01. The van der Waals surface area contributed by atoms with Gasteiger partial charge in [-0.1, -0.05) is 6.07 Å². The van der Waals surface area contributed by atoms with Crippen LogP contribution in [0.4, 0.5) is 5.69 Å². The van der Waals surface area contributed by atoms with Gasteiger partial charge in [-0.25, -0.2) is 4.90 Å².